The highest BCUT2D eigenvalue weighted by molar-refractivity contribution is 5.84. The molecule has 0 atom stereocenters. The van der Waals surface area contributed by atoms with Gasteiger partial charge in [-0.05, 0) is 32.3 Å². The van der Waals surface area contributed by atoms with Gasteiger partial charge in [-0.3, -0.25) is 9.36 Å². The Morgan fingerprint density at radius 2 is 1.81 bits per heavy atom. The largest absolute Gasteiger partial charge is 0.307 e. The first kappa shape index (κ1) is 20.8. The molecule has 0 unspecified atom stereocenters. The monoisotopic (exact) mass is 415 g/mol. The van der Waals surface area contributed by atoms with E-state index in [0.717, 1.165) is 59.0 Å². The summed E-state index contributed by atoms with van der Waals surface area (Å²) >= 11 is 0. The van der Waals surface area contributed by atoms with Gasteiger partial charge in [0, 0.05) is 43.2 Å². The molecule has 0 radical (unpaired) electrons. The van der Waals surface area contributed by atoms with Gasteiger partial charge in [0.1, 0.15) is 0 Å². The summed E-state index contributed by atoms with van der Waals surface area (Å²) < 4.78 is 3.85. The van der Waals surface area contributed by atoms with E-state index in [1.807, 2.05) is 48.7 Å². The highest BCUT2D eigenvalue weighted by Gasteiger charge is 2.27. The molecule has 1 aromatic carbocycles. The molecule has 1 aliphatic carbocycles. The van der Waals surface area contributed by atoms with Crippen LogP contribution >= 0.6 is 0 Å². The fourth-order valence-electron chi connectivity index (χ4n) is 3.88. The number of hydrogen-bond donors (Lipinski definition) is 1. The van der Waals surface area contributed by atoms with Crippen molar-refractivity contribution in [1.29, 1.82) is 0 Å². The van der Waals surface area contributed by atoms with Crippen molar-refractivity contribution in [3.63, 3.8) is 0 Å². The zero-order chi connectivity index (χ0) is 22.0. The minimum atomic E-state index is 0.552. The van der Waals surface area contributed by atoms with E-state index < -0.39 is 0 Å². The molecular formula is C24H29N7. The van der Waals surface area contributed by atoms with Crippen LogP contribution in [0.3, 0.4) is 0 Å². The predicted molar refractivity (Wildman–Crippen MR) is 124 cm³/mol. The molecule has 0 fully saturated rings. The second-order valence-corrected chi connectivity index (χ2v) is 7.41. The fourth-order valence-corrected chi connectivity index (χ4v) is 3.88. The molecule has 31 heavy (non-hydrogen) atoms. The van der Waals surface area contributed by atoms with E-state index in [2.05, 4.69) is 53.5 Å². The zero-order valence-electron chi connectivity index (χ0n) is 18.8. The molecule has 5 rings (SSSR count). The number of rotatable bonds is 4. The van der Waals surface area contributed by atoms with Crippen molar-refractivity contribution in [2.75, 3.05) is 5.32 Å². The van der Waals surface area contributed by atoms with Crippen LogP contribution in [0.4, 0.5) is 11.8 Å². The van der Waals surface area contributed by atoms with Crippen LogP contribution < -0.4 is 5.32 Å². The van der Waals surface area contributed by atoms with Crippen LogP contribution in [-0.4, -0.2) is 29.5 Å². The molecule has 0 saturated heterocycles. The molecule has 7 heteroatoms. The molecule has 160 valence electrons. The lowest BCUT2D eigenvalue weighted by molar-refractivity contribution is 0.662. The Kier molecular flexibility index (Phi) is 5.84. The van der Waals surface area contributed by atoms with Gasteiger partial charge in [0.25, 0.3) is 0 Å². The number of fused-ring (bicyclic) bond motifs is 3. The third-order valence-electron chi connectivity index (χ3n) is 5.38. The molecule has 1 aliphatic rings. The van der Waals surface area contributed by atoms with Crippen LogP contribution in [0.2, 0.25) is 0 Å². The van der Waals surface area contributed by atoms with E-state index in [0.29, 0.717) is 5.95 Å². The summed E-state index contributed by atoms with van der Waals surface area (Å²) in [4.78, 5) is 9.39. The van der Waals surface area contributed by atoms with Crippen molar-refractivity contribution in [2.45, 2.75) is 47.1 Å². The first-order valence-corrected chi connectivity index (χ1v) is 10.9. The van der Waals surface area contributed by atoms with Crippen molar-refractivity contribution in [1.82, 2.24) is 29.5 Å². The van der Waals surface area contributed by atoms with Gasteiger partial charge in [-0.2, -0.15) is 10.2 Å². The van der Waals surface area contributed by atoms with E-state index in [1.165, 1.54) is 5.56 Å². The summed E-state index contributed by atoms with van der Waals surface area (Å²) in [5, 5.41) is 12.5. The number of nitrogens with one attached hydrogen (secondary N) is 1. The van der Waals surface area contributed by atoms with Crippen LogP contribution in [0.5, 0.6) is 0 Å². The van der Waals surface area contributed by atoms with Gasteiger partial charge >= 0.3 is 0 Å². The van der Waals surface area contributed by atoms with E-state index in [1.54, 1.807) is 0 Å². The van der Waals surface area contributed by atoms with E-state index >= 15 is 0 Å². The lowest BCUT2D eigenvalue weighted by Crippen LogP contribution is -2.08. The second kappa shape index (κ2) is 8.71. The standard InChI is InChI=1S/C22H23N7.C2H6/c1-4-29-12-11-18(27-29)24-22-23-13-16-9-10-17-19(20(16)25-22)21(28(3)26-17)15-7-5-14(2)6-8-15;1-2/h5-8,11-13H,4,9-10H2,1-3H3,(H,23,24,25,27);1-2H3. The molecule has 7 nitrogen and oxygen atoms in total. The normalized spacial score (nSPS) is 11.9. The number of benzene rings is 1. The van der Waals surface area contributed by atoms with E-state index in [4.69, 9.17) is 10.1 Å². The third kappa shape index (κ3) is 3.95. The van der Waals surface area contributed by atoms with Crippen LogP contribution in [0.15, 0.2) is 42.7 Å². The Balaban J connectivity index is 0.00000112. The molecule has 0 aliphatic heterocycles. The average molecular weight is 416 g/mol. The molecule has 3 heterocycles. The molecule has 0 bridgehead atoms. The van der Waals surface area contributed by atoms with Crippen molar-refractivity contribution in [3.8, 4) is 22.5 Å². The quantitative estimate of drug-likeness (QED) is 0.511. The van der Waals surface area contributed by atoms with Crippen LogP contribution in [0.1, 0.15) is 37.6 Å². The summed E-state index contributed by atoms with van der Waals surface area (Å²) in [6.07, 6.45) is 5.67. The Bertz CT molecular complexity index is 1190. The van der Waals surface area contributed by atoms with Gasteiger partial charge in [0.15, 0.2) is 5.82 Å². The van der Waals surface area contributed by atoms with Crippen molar-refractivity contribution < 1.29 is 0 Å². The van der Waals surface area contributed by atoms with Crippen LogP contribution in [0.25, 0.3) is 22.5 Å². The molecular weight excluding hydrogens is 386 g/mol. The lowest BCUT2D eigenvalue weighted by atomic mass is 9.91. The van der Waals surface area contributed by atoms with Gasteiger partial charge < -0.3 is 5.32 Å². The zero-order valence-corrected chi connectivity index (χ0v) is 18.8. The Morgan fingerprint density at radius 3 is 2.52 bits per heavy atom. The summed E-state index contributed by atoms with van der Waals surface area (Å²) in [6, 6.07) is 10.5. The first-order chi connectivity index (χ1) is 15.1. The fraction of sp³-hybridized carbons (Fsp3) is 0.333. The molecule has 1 N–H and O–H groups in total. The smallest absolute Gasteiger partial charge is 0.228 e. The third-order valence-corrected chi connectivity index (χ3v) is 5.38. The maximum absolute atomic E-state index is 4.88. The highest BCUT2D eigenvalue weighted by atomic mass is 15.3. The minimum Gasteiger partial charge on any atom is -0.307 e. The Morgan fingerprint density at radius 1 is 1.03 bits per heavy atom. The SMILES string of the molecule is CC.CCn1ccc(Nc2ncc3c(n2)-c2c(nn(C)c2-c2ccc(C)cc2)CC3)n1. The van der Waals surface area contributed by atoms with Crippen LogP contribution in [-0.2, 0) is 26.4 Å². The highest BCUT2D eigenvalue weighted by Crippen LogP contribution is 2.39. The minimum absolute atomic E-state index is 0.552. The second-order valence-electron chi connectivity index (χ2n) is 7.41. The molecule has 3 aromatic heterocycles. The Labute approximate surface area is 183 Å². The van der Waals surface area contributed by atoms with Gasteiger partial charge in [0.05, 0.1) is 17.1 Å². The van der Waals surface area contributed by atoms with Gasteiger partial charge in [-0.15, -0.1) is 0 Å². The molecule has 0 amide bonds. The van der Waals surface area contributed by atoms with E-state index in [9.17, 15) is 0 Å². The average Bonchev–Trinajstić information content (AvgIpc) is 3.39. The summed E-state index contributed by atoms with van der Waals surface area (Å²) in [7, 11) is 2.00. The number of aryl methyl sites for hydroxylation is 5. The maximum Gasteiger partial charge on any atom is 0.228 e. The van der Waals surface area contributed by atoms with E-state index in [-0.39, 0.29) is 0 Å². The molecule has 0 saturated carbocycles. The van der Waals surface area contributed by atoms with Crippen molar-refractivity contribution >= 4 is 11.8 Å². The van der Waals surface area contributed by atoms with Crippen LogP contribution in [0, 0.1) is 6.92 Å². The van der Waals surface area contributed by atoms with Crippen molar-refractivity contribution in [3.05, 3.63) is 59.5 Å². The number of hydrogen-bond acceptors (Lipinski definition) is 5. The summed E-state index contributed by atoms with van der Waals surface area (Å²) in [6.45, 7) is 8.98. The maximum atomic E-state index is 4.88. The predicted octanol–water partition coefficient (Wildman–Crippen LogP) is 4.94. The summed E-state index contributed by atoms with van der Waals surface area (Å²) in [5.74, 6) is 1.30. The summed E-state index contributed by atoms with van der Waals surface area (Å²) in [5.41, 5.74) is 7.81. The molecule has 0 spiro atoms. The Hall–Kier alpha value is -3.48. The van der Waals surface area contributed by atoms with Gasteiger partial charge in [-0.1, -0.05) is 43.7 Å². The van der Waals surface area contributed by atoms with Gasteiger partial charge in [0.2, 0.25) is 5.95 Å². The number of nitrogens with zero attached hydrogens (tertiary/aromatic N) is 6. The lowest BCUT2D eigenvalue weighted by Gasteiger charge is -2.16. The first-order valence-electron chi connectivity index (χ1n) is 10.9. The number of aromatic nitrogens is 6. The van der Waals surface area contributed by atoms with Gasteiger partial charge in [-0.25, -0.2) is 9.97 Å². The topological polar surface area (TPSA) is 73.5 Å². The molecule has 4 aromatic rings. The van der Waals surface area contributed by atoms with Crippen molar-refractivity contribution in [2.24, 2.45) is 7.05 Å². The number of anilines is 2.